The van der Waals surface area contributed by atoms with Gasteiger partial charge in [-0.2, -0.15) is 0 Å². The highest BCUT2D eigenvalue weighted by Gasteiger charge is 2.32. The van der Waals surface area contributed by atoms with Crippen molar-refractivity contribution in [2.45, 2.75) is 19.4 Å². The molecule has 0 aromatic heterocycles. The number of hydrogen-bond acceptors (Lipinski definition) is 4. The van der Waals surface area contributed by atoms with Crippen LogP contribution in [0.4, 0.5) is 5.69 Å². The van der Waals surface area contributed by atoms with Gasteiger partial charge in [-0.1, -0.05) is 18.5 Å². The lowest BCUT2D eigenvalue weighted by molar-refractivity contribution is -0.384. The topological polar surface area (TPSA) is 92.6 Å². The van der Waals surface area contributed by atoms with Gasteiger partial charge in [0.15, 0.2) is 0 Å². The van der Waals surface area contributed by atoms with E-state index in [1.807, 2.05) is 6.92 Å². The van der Waals surface area contributed by atoms with Crippen LogP contribution in [0.2, 0.25) is 5.02 Å². The van der Waals surface area contributed by atoms with E-state index < -0.39 is 11.0 Å². The van der Waals surface area contributed by atoms with Gasteiger partial charge >= 0.3 is 0 Å². The van der Waals surface area contributed by atoms with Crippen molar-refractivity contribution in [1.29, 1.82) is 0 Å². The van der Waals surface area contributed by atoms with E-state index in [4.69, 9.17) is 11.6 Å². The smallest absolute Gasteiger partial charge is 0.287 e. The van der Waals surface area contributed by atoms with Crippen LogP contribution in [0.1, 0.15) is 23.7 Å². The number of amides is 2. The molecule has 21 heavy (non-hydrogen) atoms. The SMILES string of the molecule is CCC1C(=O)NCCN1C(=O)c1ccc([N+](=O)[O-])c(Cl)c1. The summed E-state index contributed by atoms with van der Waals surface area (Å²) in [6.45, 7) is 2.61. The molecule has 1 unspecified atom stereocenters. The molecule has 0 radical (unpaired) electrons. The van der Waals surface area contributed by atoms with Crippen LogP contribution in [0.15, 0.2) is 18.2 Å². The quantitative estimate of drug-likeness (QED) is 0.678. The zero-order chi connectivity index (χ0) is 15.6. The van der Waals surface area contributed by atoms with Crippen LogP contribution in [0.25, 0.3) is 0 Å². The van der Waals surface area contributed by atoms with Crippen molar-refractivity contribution in [3.63, 3.8) is 0 Å². The number of benzene rings is 1. The van der Waals surface area contributed by atoms with E-state index in [9.17, 15) is 19.7 Å². The number of carbonyl (C=O) groups excluding carboxylic acids is 2. The molecular formula is C13H14ClN3O4. The van der Waals surface area contributed by atoms with Gasteiger partial charge in [0.25, 0.3) is 11.6 Å². The van der Waals surface area contributed by atoms with Gasteiger partial charge in [-0.15, -0.1) is 0 Å². The Kier molecular flexibility index (Phi) is 4.42. The molecular weight excluding hydrogens is 298 g/mol. The normalized spacial score (nSPS) is 18.3. The molecule has 0 saturated carbocycles. The lowest BCUT2D eigenvalue weighted by Gasteiger charge is -2.34. The van der Waals surface area contributed by atoms with Crippen LogP contribution in [-0.4, -0.2) is 40.8 Å². The van der Waals surface area contributed by atoms with E-state index >= 15 is 0 Å². The molecule has 1 aliphatic heterocycles. The average molecular weight is 312 g/mol. The van der Waals surface area contributed by atoms with Crippen molar-refractivity contribution in [3.8, 4) is 0 Å². The van der Waals surface area contributed by atoms with E-state index in [0.29, 0.717) is 19.5 Å². The molecule has 2 rings (SSSR count). The third-order valence-corrected chi connectivity index (χ3v) is 3.67. The molecule has 112 valence electrons. The Morgan fingerprint density at radius 1 is 1.57 bits per heavy atom. The Hall–Kier alpha value is -2.15. The lowest BCUT2D eigenvalue weighted by atomic mass is 10.1. The Balaban J connectivity index is 2.29. The maximum absolute atomic E-state index is 12.5. The number of nitrogens with zero attached hydrogens (tertiary/aromatic N) is 2. The predicted octanol–water partition coefficient (Wildman–Crippen LogP) is 1.60. The number of nitro groups is 1. The molecule has 1 atom stereocenters. The molecule has 1 N–H and O–H groups in total. The Morgan fingerprint density at radius 2 is 2.29 bits per heavy atom. The van der Waals surface area contributed by atoms with Crippen LogP contribution in [-0.2, 0) is 4.79 Å². The van der Waals surface area contributed by atoms with Crippen molar-refractivity contribution >= 4 is 29.1 Å². The first-order chi connectivity index (χ1) is 9.95. The largest absolute Gasteiger partial charge is 0.353 e. The van der Waals surface area contributed by atoms with Gasteiger partial charge < -0.3 is 10.2 Å². The fraction of sp³-hybridized carbons (Fsp3) is 0.385. The molecule has 0 spiro atoms. The van der Waals surface area contributed by atoms with E-state index in [2.05, 4.69) is 5.32 Å². The first-order valence-corrected chi connectivity index (χ1v) is 6.86. The molecule has 0 aliphatic carbocycles. The Labute approximate surface area is 126 Å². The number of nitrogens with one attached hydrogen (secondary N) is 1. The third kappa shape index (κ3) is 2.97. The molecule has 8 heteroatoms. The molecule has 1 aromatic carbocycles. The monoisotopic (exact) mass is 311 g/mol. The second-order valence-corrected chi connectivity index (χ2v) is 5.04. The summed E-state index contributed by atoms with van der Waals surface area (Å²) in [7, 11) is 0. The molecule has 7 nitrogen and oxygen atoms in total. The number of nitro benzene ring substituents is 1. The maximum Gasteiger partial charge on any atom is 0.287 e. The van der Waals surface area contributed by atoms with Crippen molar-refractivity contribution in [2.24, 2.45) is 0 Å². The summed E-state index contributed by atoms with van der Waals surface area (Å²) in [5.41, 5.74) is -0.0182. The number of carbonyl (C=O) groups is 2. The Bertz CT molecular complexity index is 605. The zero-order valence-electron chi connectivity index (χ0n) is 11.3. The van der Waals surface area contributed by atoms with Crippen LogP contribution < -0.4 is 5.32 Å². The predicted molar refractivity (Wildman–Crippen MR) is 76.2 cm³/mol. The van der Waals surface area contributed by atoms with Crippen LogP contribution in [0, 0.1) is 10.1 Å². The van der Waals surface area contributed by atoms with Crippen molar-refractivity contribution in [1.82, 2.24) is 10.2 Å². The highest BCUT2D eigenvalue weighted by atomic mass is 35.5. The number of rotatable bonds is 3. The highest BCUT2D eigenvalue weighted by molar-refractivity contribution is 6.33. The minimum absolute atomic E-state index is 0.0969. The minimum Gasteiger partial charge on any atom is -0.353 e. The molecule has 2 amide bonds. The van der Waals surface area contributed by atoms with E-state index in [-0.39, 0.29) is 28.1 Å². The van der Waals surface area contributed by atoms with Gasteiger partial charge in [-0.25, -0.2) is 0 Å². The first kappa shape index (κ1) is 15.2. The second-order valence-electron chi connectivity index (χ2n) is 4.64. The van der Waals surface area contributed by atoms with Crippen molar-refractivity contribution < 1.29 is 14.5 Å². The zero-order valence-corrected chi connectivity index (χ0v) is 12.1. The van der Waals surface area contributed by atoms with Gasteiger partial charge in [-0.05, 0) is 18.6 Å². The Morgan fingerprint density at radius 3 is 2.86 bits per heavy atom. The molecule has 1 heterocycles. The van der Waals surface area contributed by atoms with E-state index in [1.54, 1.807) is 0 Å². The van der Waals surface area contributed by atoms with Crippen molar-refractivity contribution in [3.05, 3.63) is 38.9 Å². The van der Waals surface area contributed by atoms with Crippen LogP contribution >= 0.6 is 11.6 Å². The van der Waals surface area contributed by atoms with Gasteiger partial charge in [0.2, 0.25) is 5.91 Å². The summed E-state index contributed by atoms with van der Waals surface area (Å²) in [6, 6.07) is 3.29. The summed E-state index contributed by atoms with van der Waals surface area (Å²) in [6.07, 6.45) is 0.498. The van der Waals surface area contributed by atoms with Crippen molar-refractivity contribution in [2.75, 3.05) is 13.1 Å². The molecule has 1 fully saturated rings. The fourth-order valence-corrected chi connectivity index (χ4v) is 2.57. The molecule has 0 bridgehead atoms. The van der Waals surface area contributed by atoms with Gasteiger partial charge in [0, 0.05) is 24.7 Å². The minimum atomic E-state index is -0.611. The molecule has 1 saturated heterocycles. The molecule has 1 aliphatic rings. The van der Waals surface area contributed by atoms with E-state index in [1.165, 1.54) is 23.1 Å². The lowest BCUT2D eigenvalue weighted by Crippen LogP contribution is -2.56. The van der Waals surface area contributed by atoms with E-state index in [0.717, 1.165) is 0 Å². The fourth-order valence-electron chi connectivity index (χ4n) is 2.32. The summed E-state index contributed by atoms with van der Waals surface area (Å²) in [5.74, 6) is -0.543. The second kappa shape index (κ2) is 6.09. The van der Waals surface area contributed by atoms with Crippen LogP contribution in [0.5, 0.6) is 0 Å². The summed E-state index contributed by atoms with van der Waals surface area (Å²) in [5, 5.41) is 13.3. The van der Waals surface area contributed by atoms with Crippen LogP contribution in [0.3, 0.4) is 0 Å². The first-order valence-electron chi connectivity index (χ1n) is 6.48. The number of piperazine rings is 1. The van der Waals surface area contributed by atoms with Gasteiger partial charge in [0.05, 0.1) is 4.92 Å². The number of halogens is 1. The highest BCUT2D eigenvalue weighted by Crippen LogP contribution is 2.26. The number of hydrogen-bond donors (Lipinski definition) is 1. The third-order valence-electron chi connectivity index (χ3n) is 3.37. The van der Waals surface area contributed by atoms with Gasteiger partial charge in [0.1, 0.15) is 11.1 Å². The van der Waals surface area contributed by atoms with Gasteiger partial charge in [-0.3, -0.25) is 19.7 Å². The molecule has 1 aromatic rings. The maximum atomic E-state index is 12.5. The summed E-state index contributed by atoms with van der Waals surface area (Å²) < 4.78 is 0. The average Bonchev–Trinajstić information content (AvgIpc) is 2.45. The summed E-state index contributed by atoms with van der Waals surface area (Å²) >= 11 is 5.81. The standard InChI is InChI=1S/C13H14ClN3O4/c1-2-10-12(18)15-5-6-16(10)13(19)8-3-4-11(17(20)21)9(14)7-8/h3-4,7,10H,2,5-6H2,1H3,(H,15,18). The summed E-state index contributed by atoms with van der Waals surface area (Å²) in [4.78, 5) is 35.8.